The molecule has 1 aromatic rings. The minimum atomic E-state index is 0.00191. The number of hydrogen-bond donors (Lipinski definition) is 2. The number of benzene rings is 1. The molecule has 1 unspecified atom stereocenters. The summed E-state index contributed by atoms with van der Waals surface area (Å²) in [5.41, 5.74) is 6.18. The lowest BCUT2D eigenvalue weighted by atomic mass is 9.87. The Morgan fingerprint density at radius 3 is 2.67 bits per heavy atom. The molecule has 1 atom stereocenters. The average Bonchev–Trinajstić information content (AvgIpc) is 2.54. The van der Waals surface area contributed by atoms with Crippen LogP contribution in [-0.2, 0) is 9.53 Å². The highest BCUT2D eigenvalue weighted by Crippen LogP contribution is 2.25. The van der Waals surface area contributed by atoms with E-state index >= 15 is 0 Å². The highest BCUT2D eigenvalue weighted by Gasteiger charge is 2.25. The fourth-order valence-electron chi connectivity index (χ4n) is 2.50. The van der Waals surface area contributed by atoms with Gasteiger partial charge in [0.05, 0.1) is 0 Å². The van der Waals surface area contributed by atoms with Gasteiger partial charge in [0.15, 0.2) is 0 Å². The number of carbonyl (C=O) groups is 1. The van der Waals surface area contributed by atoms with Gasteiger partial charge in [0, 0.05) is 31.4 Å². The number of nitrogens with two attached hydrogens (primary N) is 1. The molecule has 116 valence electrons. The minimum absolute atomic E-state index is 0.00191. The third-order valence-electron chi connectivity index (χ3n) is 3.90. The predicted molar refractivity (Wildman–Crippen MR) is 82.3 cm³/mol. The van der Waals surface area contributed by atoms with Crippen LogP contribution >= 0.6 is 0 Å². The average molecular weight is 292 g/mol. The van der Waals surface area contributed by atoms with Crippen LogP contribution in [0.5, 0.6) is 5.75 Å². The van der Waals surface area contributed by atoms with E-state index in [1.165, 1.54) is 0 Å². The van der Waals surface area contributed by atoms with E-state index in [-0.39, 0.29) is 11.8 Å². The second kappa shape index (κ2) is 8.00. The summed E-state index contributed by atoms with van der Waals surface area (Å²) in [6.07, 6.45) is 1.92. The Balaban J connectivity index is 1.86. The van der Waals surface area contributed by atoms with Gasteiger partial charge in [0.1, 0.15) is 12.4 Å². The van der Waals surface area contributed by atoms with E-state index in [0.717, 1.165) is 37.5 Å². The van der Waals surface area contributed by atoms with Crippen LogP contribution < -0.4 is 15.8 Å². The quantitative estimate of drug-likeness (QED) is 0.841. The van der Waals surface area contributed by atoms with E-state index in [1.807, 2.05) is 31.2 Å². The summed E-state index contributed by atoms with van der Waals surface area (Å²) in [6, 6.07) is 7.37. The number of rotatable bonds is 6. The van der Waals surface area contributed by atoms with Crippen molar-refractivity contribution in [1.29, 1.82) is 0 Å². The molecule has 2 rings (SSSR count). The fraction of sp³-hybridized carbons (Fsp3) is 0.562. The molecule has 1 heterocycles. The normalized spacial score (nSPS) is 17.2. The Morgan fingerprint density at radius 1 is 1.38 bits per heavy atom. The van der Waals surface area contributed by atoms with Crippen molar-refractivity contribution in [3.05, 3.63) is 24.3 Å². The summed E-state index contributed by atoms with van der Waals surface area (Å²) in [6.45, 7) is 4.49. The second-order valence-corrected chi connectivity index (χ2v) is 5.39. The molecule has 0 bridgehead atoms. The molecule has 1 amide bonds. The first-order valence-corrected chi connectivity index (χ1v) is 7.52. The van der Waals surface area contributed by atoms with Crippen molar-refractivity contribution in [2.45, 2.75) is 19.8 Å². The molecule has 5 heteroatoms. The standard InChI is InChI=1S/C16H24N2O3/c1-12(13-6-9-20-10-7-13)16(19)18-14-2-4-15(5-3-14)21-11-8-17/h2-5,12-13H,6-11,17H2,1H3,(H,18,19). The number of carbonyl (C=O) groups excluding carboxylic acids is 1. The van der Waals surface area contributed by atoms with Gasteiger partial charge in [0.2, 0.25) is 5.91 Å². The lowest BCUT2D eigenvalue weighted by Crippen LogP contribution is -2.30. The first kappa shape index (κ1) is 15.8. The summed E-state index contributed by atoms with van der Waals surface area (Å²) >= 11 is 0. The van der Waals surface area contributed by atoms with E-state index < -0.39 is 0 Å². The molecule has 0 aromatic heterocycles. The first-order chi connectivity index (χ1) is 10.2. The van der Waals surface area contributed by atoms with Gasteiger partial charge in [-0.15, -0.1) is 0 Å². The van der Waals surface area contributed by atoms with Crippen molar-refractivity contribution in [1.82, 2.24) is 0 Å². The van der Waals surface area contributed by atoms with Gasteiger partial charge < -0.3 is 20.5 Å². The lowest BCUT2D eigenvalue weighted by Gasteiger charge is -2.26. The van der Waals surface area contributed by atoms with Crippen LogP contribution in [0.15, 0.2) is 24.3 Å². The topological polar surface area (TPSA) is 73.6 Å². The molecule has 1 aliphatic heterocycles. The Morgan fingerprint density at radius 2 is 2.05 bits per heavy atom. The molecule has 1 fully saturated rings. The van der Waals surface area contributed by atoms with Crippen molar-refractivity contribution in [3.63, 3.8) is 0 Å². The maximum atomic E-state index is 12.3. The smallest absolute Gasteiger partial charge is 0.227 e. The maximum Gasteiger partial charge on any atom is 0.227 e. The Kier molecular flexibility index (Phi) is 6.02. The molecule has 0 radical (unpaired) electrons. The van der Waals surface area contributed by atoms with E-state index in [4.69, 9.17) is 15.2 Å². The number of ether oxygens (including phenoxy) is 2. The number of anilines is 1. The van der Waals surface area contributed by atoms with Crippen LogP contribution in [0.4, 0.5) is 5.69 Å². The molecule has 1 aromatic carbocycles. The van der Waals surface area contributed by atoms with Crippen LogP contribution in [0.25, 0.3) is 0 Å². The van der Waals surface area contributed by atoms with Crippen molar-refractivity contribution in [3.8, 4) is 5.75 Å². The molecule has 1 saturated heterocycles. The van der Waals surface area contributed by atoms with Gasteiger partial charge >= 0.3 is 0 Å². The van der Waals surface area contributed by atoms with Crippen LogP contribution in [0.1, 0.15) is 19.8 Å². The highest BCUT2D eigenvalue weighted by atomic mass is 16.5. The SMILES string of the molecule is CC(C(=O)Nc1ccc(OCCN)cc1)C1CCOCC1. The maximum absolute atomic E-state index is 12.3. The molecule has 0 saturated carbocycles. The summed E-state index contributed by atoms with van der Waals surface area (Å²) in [5.74, 6) is 1.24. The first-order valence-electron chi connectivity index (χ1n) is 7.52. The summed E-state index contributed by atoms with van der Waals surface area (Å²) in [5, 5.41) is 2.96. The Labute approximate surface area is 125 Å². The predicted octanol–water partition coefficient (Wildman–Crippen LogP) is 2.03. The van der Waals surface area contributed by atoms with Gasteiger partial charge in [-0.25, -0.2) is 0 Å². The summed E-state index contributed by atoms with van der Waals surface area (Å²) in [4.78, 5) is 12.3. The molecule has 1 aliphatic rings. The Hall–Kier alpha value is -1.59. The van der Waals surface area contributed by atoms with Gasteiger partial charge in [-0.2, -0.15) is 0 Å². The van der Waals surface area contributed by atoms with Crippen LogP contribution in [0, 0.1) is 11.8 Å². The van der Waals surface area contributed by atoms with Crippen molar-refractivity contribution in [2.24, 2.45) is 17.6 Å². The third-order valence-corrected chi connectivity index (χ3v) is 3.90. The summed E-state index contributed by atoms with van der Waals surface area (Å²) in [7, 11) is 0. The molecule has 0 spiro atoms. The van der Waals surface area contributed by atoms with Crippen molar-refractivity contribution < 1.29 is 14.3 Å². The van der Waals surface area contributed by atoms with Gasteiger partial charge in [-0.1, -0.05) is 6.92 Å². The number of hydrogen-bond acceptors (Lipinski definition) is 4. The van der Waals surface area contributed by atoms with Gasteiger partial charge in [-0.05, 0) is 43.0 Å². The zero-order valence-corrected chi connectivity index (χ0v) is 12.5. The van der Waals surface area contributed by atoms with E-state index in [0.29, 0.717) is 19.1 Å². The highest BCUT2D eigenvalue weighted by molar-refractivity contribution is 5.92. The van der Waals surface area contributed by atoms with Crippen LogP contribution in [0.3, 0.4) is 0 Å². The molecule has 3 N–H and O–H groups in total. The zero-order chi connectivity index (χ0) is 15.1. The van der Waals surface area contributed by atoms with Gasteiger partial charge in [0.25, 0.3) is 0 Å². The summed E-state index contributed by atoms with van der Waals surface area (Å²) < 4.78 is 10.7. The number of amides is 1. The molecular weight excluding hydrogens is 268 g/mol. The lowest BCUT2D eigenvalue weighted by molar-refractivity contribution is -0.122. The minimum Gasteiger partial charge on any atom is -0.492 e. The largest absolute Gasteiger partial charge is 0.492 e. The zero-order valence-electron chi connectivity index (χ0n) is 12.5. The number of nitrogens with one attached hydrogen (secondary N) is 1. The Bertz CT molecular complexity index is 441. The molecule has 21 heavy (non-hydrogen) atoms. The van der Waals surface area contributed by atoms with E-state index in [2.05, 4.69) is 5.32 Å². The molecular formula is C16H24N2O3. The second-order valence-electron chi connectivity index (χ2n) is 5.39. The van der Waals surface area contributed by atoms with Crippen LogP contribution in [0.2, 0.25) is 0 Å². The third kappa shape index (κ3) is 4.72. The van der Waals surface area contributed by atoms with E-state index in [1.54, 1.807) is 0 Å². The fourth-order valence-corrected chi connectivity index (χ4v) is 2.50. The molecule has 5 nitrogen and oxygen atoms in total. The van der Waals surface area contributed by atoms with Gasteiger partial charge in [-0.3, -0.25) is 4.79 Å². The molecule has 0 aliphatic carbocycles. The van der Waals surface area contributed by atoms with Crippen molar-refractivity contribution >= 4 is 11.6 Å². The van der Waals surface area contributed by atoms with Crippen molar-refractivity contribution in [2.75, 3.05) is 31.7 Å². The monoisotopic (exact) mass is 292 g/mol. The van der Waals surface area contributed by atoms with E-state index in [9.17, 15) is 4.79 Å². The van der Waals surface area contributed by atoms with Crippen LogP contribution in [-0.4, -0.2) is 32.3 Å².